The van der Waals surface area contributed by atoms with E-state index in [0.29, 0.717) is 34.1 Å². The van der Waals surface area contributed by atoms with Gasteiger partial charge in [0.25, 0.3) is 0 Å². The smallest absolute Gasteiger partial charge is 0.350 e. The summed E-state index contributed by atoms with van der Waals surface area (Å²) in [7, 11) is 0. The number of aliphatic carboxylic acids is 1. The number of hydrogen-bond acceptors (Lipinski definition) is 7. The largest absolute Gasteiger partial charge is 0.478 e. The predicted octanol–water partition coefficient (Wildman–Crippen LogP) is 13.5. The van der Waals surface area contributed by atoms with E-state index in [1.165, 1.54) is 36.9 Å². The highest BCUT2D eigenvalue weighted by Crippen LogP contribution is 2.48. The van der Waals surface area contributed by atoms with Gasteiger partial charge in [-0.2, -0.15) is 0 Å². The summed E-state index contributed by atoms with van der Waals surface area (Å²) >= 11 is 11.5. The van der Waals surface area contributed by atoms with Gasteiger partial charge in [0, 0.05) is 37.3 Å². The van der Waals surface area contributed by atoms with Gasteiger partial charge in [-0.15, -0.1) is 11.3 Å². The molecule has 0 spiro atoms. The maximum atomic E-state index is 12.4. The van der Waals surface area contributed by atoms with Gasteiger partial charge in [0.15, 0.2) is 17.5 Å². The van der Waals surface area contributed by atoms with Gasteiger partial charge in [-0.25, -0.2) is 9.59 Å². The van der Waals surface area contributed by atoms with E-state index in [0.717, 1.165) is 26.7 Å². The Balaban J connectivity index is 0.000000219. The molecule has 0 aliphatic rings. The first-order valence-electron chi connectivity index (χ1n) is 19.9. The molecule has 0 aliphatic carbocycles. The van der Waals surface area contributed by atoms with Crippen LogP contribution in [0, 0.1) is 27.7 Å². The summed E-state index contributed by atoms with van der Waals surface area (Å²) in [6.07, 6.45) is -0.866. The van der Waals surface area contributed by atoms with Crippen molar-refractivity contribution >= 4 is 77.4 Å². The molecule has 1 atom stereocenters. The Kier molecular flexibility index (Phi) is 14.1. The number of benzene rings is 6. The molecule has 314 valence electrons. The summed E-state index contributed by atoms with van der Waals surface area (Å²) in [5.74, 6) is -0.395. The van der Waals surface area contributed by atoms with E-state index in [4.69, 9.17) is 25.8 Å². The normalized spacial score (nSPS) is 11.9. The molecule has 0 radical (unpaired) electrons. The number of carbonyl (C=O) groups excluding carboxylic acids is 2. The summed E-state index contributed by atoms with van der Waals surface area (Å²) < 4.78 is 19.4. The van der Waals surface area contributed by atoms with Gasteiger partial charge in [-0.3, -0.25) is 4.79 Å². The molecule has 0 unspecified atom stereocenters. The Labute approximate surface area is 374 Å². The lowest BCUT2D eigenvalue weighted by Crippen LogP contribution is -2.40. The van der Waals surface area contributed by atoms with Gasteiger partial charge in [-0.1, -0.05) is 66.2 Å². The number of ketones is 1. The van der Waals surface area contributed by atoms with Crippen LogP contribution >= 0.6 is 38.9 Å². The van der Waals surface area contributed by atoms with Crippen LogP contribution in [0.25, 0.3) is 32.0 Å². The zero-order chi connectivity index (χ0) is 44.2. The topological polar surface area (TPSA) is 99.1 Å². The molecular weight excluding hydrogens is 872 g/mol. The SMILES string of the molecule is CC(C)OC(=O)C(C)(C)Oc1ccc(C(=O)c2ccc(Cl)cc2)cc1.Cc1cc(-c2c3ccccc3c(Br)c3sc(C)c(C)c23)cc(C)c1O[C@H](Cc1ccccc1)C(=O)O. The molecule has 0 aliphatic heterocycles. The van der Waals surface area contributed by atoms with Crippen LogP contribution < -0.4 is 9.47 Å². The molecule has 6 aromatic carbocycles. The van der Waals surface area contributed by atoms with Crippen LogP contribution in [0.3, 0.4) is 0 Å². The van der Waals surface area contributed by atoms with E-state index in [1.54, 1.807) is 76.2 Å². The molecule has 7 aromatic rings. The van der Waals surface area contributed by atoms with Crippen LogP contribution in [0.4, 0.5) is 0 Å². The van der Waals surface area contributed by atoms with E-state index in [1.807, 2.05) is 55.5 Å². The third kappa shape index (κ3) is 10.4. The standard InChI is InChI=1S/C31H27BrO3S.C20H21ClO4/c1-17-14-22(15-18(2)29(17)35-25(31(33)34)16-21-10-6-5-7-11-21)27-23-12-8-9-13-24(23)28(32)30-26(27)19(3)20(4)36-30;1-13(2)24-19(23)20(3,4)25-17-11-7-15(8-12-17)18(22)14-5-9-16(21)10-6-14/h5-15,25H,16H2,1-4H3,(H,33,34);5-13H,1-4H3/t25-;/m1./s1. The molecule has 7 rings (SSSR count). The third-order valence-electron chi connectivity index (χ3n) is 10.2. The summed E-state index contributed by atoms with van der Waals surface area (Å²) in [5.41, 5.74) is 6.36. The molecule has 0 saturated carbocycles. The van der Waals surface area contributed by atoms with E-state index in [-0.39, 0.29) is 11.9 Å². The maximum absolute atomic E-state index is 12.4. The monoisotopic (exact) mass is 918 g/mol. The van der Waals surface area contributed by atoms with Crippen molar-refractivity contribution < 1.29 is 33.7 Å². The van der Waals surface area contributed by atoms with E-state index in [9.17, 15) is 19.5 Å². The van der Waals surface area contributed by atoms with Crippen molar-refractivity contribution in [2.24, 2.45) is 0 Å². The first-order chi connectivity index (χ1) is 28.9. The molecule has 0 amide bonds. The van der Waals surface area contributed by atoms with Crippen LogP contribution in [-0.2, 0) is 20.7 Å². The van der Waals surface area contributed by atoms with E-state index < -0.39 is 23.6 Å². The summed E-state index contributed by atoms with van der Waals surface area (Å²) in [5, 5.41) is 14.1. The summed E-state index contributed by atoms with van der Waals surface area (Å²) in [6, 6.07) is 35.7. The Morgan fingerprint density at radius 2 is 1.34 bits per heavy atom. The van der Waals surface area contributed by atoms with Crippen molar-refractivity contribution in [3.05, 3.63) is 163 Å². The summed E-state index contributed by atoms with van der Waals surface area (Å²) in [4.78, 5) is 37.8. The number of aryl methyl sites for hydroxylation is 4. The number of fused-ring (bicyclic) bond motifs is 2. The molecular formula is C51H48BrClO7S. The highest BCUT2D eigenvalue weighted by Gasteiger charge is 2.32. The predicted molar refractivity (Wildman–Crippen MR) is 251 cm³/mol. The quantitative estimate of drug-likeness (QED) is 0.0962. The minimum Gasteiger partial charge on any atom is -0.478 e. The molecule has 0 bridgehead atoms. The molecule has 7 nitrogen and oxygen atoms in total. The third-order valence-corrected chi connectivity index (χ3v) is 12.8. The number of carbonyl (C=O) groups is 3. The fourth-order valence-corrected chi connectivity index (χ4v) is 9.13. The Hall–Kier alpha value is -5.48. The average molecular weight is 920 g/mol. The molecule has 0 saturated heterocycles. The molecule has 1 N–H and O–H groups in total. The molecule has 10 heteroatoms. The average Bonchev–Trinajstić information content (AvgIpc) is 3.52. The first-order valence-corrected chi connectivity index (χ1v) is 21.9. The number of halogens is 2. The van der Waals surface area contributed by atoms with Crippen molar-refractivity contribution in [3.63, 3.8) is 0 Å². The second-order valence-corrected chi connectivity index (χ2v) is 18.2. The number of esters is 1. The van der Waals surface area contributed by atoms with Gasteiger partial charge in [0.05, 0.1) is 10.8 Å². The van der Waals surface area contributed by atoms with Crippen LogP contribution in [0.15, 0.2) is 120 Å². The van der Waals surface area contributed by atoms with Crippen LogP contribution in [0.2, 0.25) is 5.02 Å². The first kappa shape index (κ1) is 45.1. The lowest BCUT2D eigenvalue weighted by Gasteiger charge is -2.25. The number of rotatable bonds is 12. The van der Waals surface area contributed by atoms with Crippen LogP contribution in [0.1, 0.15) is 70.7 Å². The van der Waals surface area contributed by atoms with Gasteiger partial charge in [0.2, 0.25) is 0 Å². The highest BCUT2D eigenvalue weighted by atomic mass is 79.9. The number of ether oxygens (including phenoxy) is 3. The van der Waals surface area contributed by atoms with Crippen molar-refractivity contribution in [2.75, 3.05) is 0 Å². The number of carboxylic acid groups (broad SMARTS) is 1. The Morgan fingerprint density at radius 3 is 1.92 bits per heavy atom. The van der Waals surface area contributed by atoms with Crippen molar-refractivity contribution in [2.45, 2.75) is 79.6 Å². The Morgan fingerprint density at radius 1 is 0.787 bits per heavy atom. The van der Waals surface area contributed by atoms with Gasteiger partial charge >= 0.3 is 11.9 Å². The number of hydrogen-bond donors (Lipinski definition) is 1. The second-order valence-electron chi connectivity index (χ2n) is 15.7. The number of carboxylic acids is 1. The van der Waals surface area contributed by atoms with Crippen LogP contribution in [0.5, 0.6) is 11.5 Å². The molecule has 61 heavy (non-hydrogen) atoms. The van der Waals surface area contributed by atoms with Crippen molar-refractivity contribution in [1.29, 1.82) is 0 Å². The minimum atomic E-state index is -1.12. The van der Waals surface area contributed by atoms with Gasteiger partial charge in [0.1, 0.15) is 11.5 Å². The molecule has 1 heterocycles. The Bertz CT molecular complexity index is 2700. The zero-order valence-electron chi connectivity index (χ0n) is 35.4. The maximum Gasteiger partial charge on any atom is 0.350 e. The van der Waals surface area contributed by atoms with E-state index >= 15 is 0 Å². The lowest BCUT2D eigenvalue weighted by molar-refractivity contribution is -0.163. The van der Waals surface area contributed by atoms with E-state index in [2.05, 4.69) is 66.2 Å². The van der Waals surface area contributed by atoms with Gasteiger partial charge < -0.3 is 19.3 Å². The fourth-order valence-electron chi connectivity index (χ4n) is 7.10. The van der Waals surface area contributed by atoms with Crippen molar-refractivity contribution in [3.8, 4) is 22.6 Å². The van der Waals surface area contributed by atoms with Crippen molar-refractivity contribution in [1.82, 2.24) is 0 Å². The zero-order valence-corrected chi connectivity index (χ0v) is 38.6. The molecule has 1 aromatic heterocycles. The lowest BCUT2D eigenvalue weighted by atomic mass is 9.91. The van der Waals surface area contributed by atoms with Gasteiger partial charge in [-0.05, 0) is 176 Å². The number of thiophene rings is 1. The summed E-state index contributed by atoms with van der Waals surface area (Å²) in [6.45, 7) is 15.2. The minimum absolute atomic E-state index is 0.110. The molecule has 0 fully saturated rings. The highest BCUT2D eigenvalue weighted by molar-refractivity contribution is 9.11. The second kappa shape index (κ2) is 19.1. The van der Waals surface area contributed by atoms with Crippen LogP contribution in [-0.4, -0.2) is 40.6 Å². The fraction of sp³-hybridized carbons (Fsp3) is 0.235.